The lowest BCUT2D eigenvalue weighted by atomic mass is 9.89. The van der Waals surface area contributed by atoms with Crippen LogP contribution in [0.4, 0.5) is 0 Å². The highest BCUT2D eigenvalue weighted by atomic mass is 28.4. The molecule has 0 aliphatic heterocycles. The van der Waals surface area contributed by atoms with Crippen LogP contribution in [-0.2, 0) is 27.1 Å². The summed E-state index contributed by atoms with van der Waals surface area (Å²) in [5.41, 5.74) is 2.30. The van der Waals surface area contributed by atoms with E-state index >= 15 is 0 Å². The Hall–Kier alpha value is -1.50. The fourth-order valence-electron chi connectivity index (χ4n) is 3.71. The summed E-state index contributed by atoms with van der Waals surface area (Å²) < 4.78 is 19.2. The molecule has 184 valence electrons. The summed E-state index contributed by atoms with van der Waals surface area (Å²) in [4.78, 5) is 0. The molecule has 0 aliphatic rings. The molecule has 0 fully saturated rings. The van der Waals surface area contributed by atoms with Gasteiger partial charge in [0.1, 0.15) is 0 Å². The number of aliphatic hydroxyl groups is 1. The fraction of sp³-hybridized carbons (Fsp3) is 0.571. The van der Waals surface area contributed by atoms with Gasteiger partial charge < -0.3 is 19.0 Å². The maximum atomic E-state index is 10.3. The van der Waals surface area contributed by atoms with Gasteiger partial charge in [0.05, 0.1) is 38.6 Å². The van der Waals surface area contributed by atoms with Crippen LogP contribution in [-0.4, -0.2) is 38.8 Å². The Morgan fingerprint density at radius 3 is 1.85 bits per heavy atom. The normalized spacial score (nSPS) is 16.2. The molecular formula is C28H44O4Si. The van der Waals surface area contributed by atoms with E-state index in [1.54, 1.807) is 0 Å². The van der Waals surface area contributed by atoms with Gasteiger partial charge in [0, 0.05) is 11.8 Å². The first kappa shape index (κ1) is 27.7. The van der Waals surface area contributed by atoms with E-state index in [0.29, 0.717) is 19.8 Å². The van der Waals surface area contributed by atoms with Gasteiger partial charge in [-0.1, -0.05) is 95.3 Å². The van der Waals surface area contributed by atoms with Crippen molar-refractivity contribution >= 4 is 8.32 Å². The third-order valence-electron chi connectivity index (χ3n) is 6.88. The third-order valence-corrected chi connectivity index (χ3v) is 11.4. The largest absolute Gasteiger partial charge is 0.411 e. The van der Waals surface area contributed by atoms with E-state index < -0.39 is 8.32 Å². The summed E-state index contributed by atoms with van der Waals surface area (Å²) in [5.74, 6) is 0.160. The van der Waals surface area contributed by atoms with Crippen molar-refractivity contribution in [3.8, 4) is 0 Å². The molecule has 0 amide bonds. The molecule has 0 heterocycles. The van der Waals surface area contributed by atoms with Crippen LogP contribution in [0.3, 0.4) is 0 Å². The number of rotatable bonds is 13. The highest BCUT2D eigenvalue weighted by Gasteiger charge is 2.42. The molecule has 0 bridgehead atoms. The Morgan fingerprint density at radius 2 is 1.36 bits per heavy atom. The molecule has 2 rings (SSSR count). The van der Waals surface area contributed by atoms with E-state index in [1.807, 2.05) is 36.4 Å². The van der Waals surface area contributed by atoms with Gasteiger partial charge in [-0.05, 0) is 29.3 Å². The highest BCUT2D eigenvalue weighted by molar-refractivity contribution is 6.74. The van der Waals surface area contributed by atoms with Crippen molar-refractivity contribution in [2.75, 3.05) is 13.2 Å². The first-order valence-corrected chi connectivity index (χ1v) is 15.0. The average molecular weight is 473 g/mol. The lowest BCUT2D eigenvalue weighted by molar-refractivity contribution is -0.0879. The van der Waals surface area contributed by atoms with Crippen LogP contribution in [0.15, 0.2) is 60.7 Å². The van der Waals surface area contributed by atoms with Crippen molar-refractivity contribution in [1.29, 1.82) is 0 Å². The van der Waals surface area contributed by atoms with Crippen molar-refractivity contribution in [2.24, 2.45) is 11.8 Å². The van der Waals surface area contributed by atoms with Gasteiger partial charge in [-0.25, -0.2) is 0 Å². The lowest BCUT2D eigenvalue weighted by Gasteiger charge is -2.42. The first-order chi connectivity index (χ1) is 15.5. The molecule has 4 atom stereocenters. The van der Waals surface area contributed by atoms with Crippen LogP contribution in [0, 0.1) is 11.8 Å². The van der Waals surface area contributed by atoms with Crippen LogP contribution >= 0.6 is 0 Å². The van der Waals surface area contributed by atoms with Crippen LogP contribution in [0.25, 0.3) is 0 Å². The summed E-state index contributed by atoms with van der Waals surface area (Å²) >= 11 is 0. The number of benzene rings is 2. The van der Waals surface area contributed by atoms with Crippen LogP contribution < -0.4 is 0 Å². The van der Waals surface area contributed by atoms with Crippen molar-refractivity contribution < 1.29 is 19.0 Å². The molecule has 33 heavy (non-hydrogen) atoms. The van der Waals surface area contributed by atoms with Crippen LogP contribution in [0.1, 0.15) is 45.7 Å². The second-order valence-corrected chi connectivity index (χ2v) is 15.5. The highest BCUT2D eigenvalue weighted by Crippen LogP contribution is 2.38. The Labute approximate surface area is 202 Å². The van der Waals surface area contributed by atoms with Crippen molar-refractivity contribution in [2.45, 2.75) is 78.2 Å². The molecule has 0 saturated heterocycles. The quantitative estimate of drug-likeness (QED) is 0.341. The molecule has 2 aromatic rings. The van der Waals surface area contributed by atoms with E-state index in [4.69, 9.17) is 13.9 Å². The monoisotopic (exact) mass is 472 g/mol. The van der Waals surface area contributed by atoms with Gasteiger partial charge in [-0.15, -0.1) is 0 Å². The summed E-state index contributed by atoms with van der Waals surface area (Å²) in [6.07, 6.45) is -0.383. The van der Waals surface area contributed by atoms with Gasteiger partial charge in [-0.2, -0.15) is 0 Å². The summed E-state index contributed by atoms with van der Waals surface area (Å²) in [5, 5.41) is 10.4. The zero-order valence-corrected chi connectivity index (χ0v) is 22.6. The van der Waals surface area contributed by atoms with Crippen LogP contribution in [0.2, 0.25) is 18.1 Å². The molecule has 0 aromatic heterocycles. The molecule has 1 N–H and O–H groups in total. The number of hydrogen-bond acceptors (Lipinski definition) is 4. The van der Waals surface area contributed by atoms with Gasteiger partial charge in [0.2, 0.25) is 0 Å². The van der Waals surface area contributed by atoms with Gasteiger partial charge >= 0.3 is 0 Å². The van der Waals surface area contributed by atoms with Gasteiger partial charge in [-0.3, -0.25) is 0 Å². The van der Waals surface area contributed by atoms with Crippen LogP contribution in [0.5, 0.6) is 0 Å². The summed E-state index contributed by atoms with van der Waals surface area (Å²) in [6.45, 7) is 17.1. The minimum atomic E-state index is -2.04. The smallest absolute Gasteiger partial charge is 0.192 e. The lowest BCUT2D eigenvalue weighted by Crippen LogP contribution is -2.49. The molecule has 0 spiro atoms. The first-order valence-electron chi connectivity index (χ1n) is 12.1. The minimum Gasteiger partial charge on any atom is -0.411 e. The predicted octanol–water partition coefficient (Wildman–Crippen LogP) is 6.44. The van der Waals surface area contributed by atoms with E-state index in [9.17, 15) is 5.11 Å². The molecule has 0 unspecified atom stereocenters. The minimum absolute atomic E-state index is 0.0168. The average Bonchev–Trinajstić information content (AvgIpc) is 2.78. The fourth-order valence-corrected chi connectivity index (χ4v) is 5.11. The van der Waals surface area contributed by atoms with E-state index in [0.717, 1.165) is 11.1 Å². The zero-order chi connectivity index (χ0) is 24.5. The summed E-state index contributed by atoms with van der Waals surface area (Å²) in [6, 6.07) is 20.4. The molecule has 0 aliphatic carbocycles. The summed E-state index contributed by atoms with van der Waals surface area (Å²) in [7, 11) is -2.04. The Balaban J connectivity index is 2.11. The predicted molar refractivity (Wildman–Crippen MR) is 139 cm³/mol. The van der Waals surface area contributed by atoms with Crippen molar-refractivity contribution in [3.05, 3.63) is 71.8 Å². The number of hydrogen-bond donors (Lipinski definition) is 1. The molecule has 4 nitrogen and oxygen atoms in total. The number of ether oxygens (including phenoxy) is 2. The molecular weight excluding hydrogens is 428 g/mol. The molecule has 2 aromatic carbocycles. The maximum Gasteiger partial charge on any atom is 0.192 e. The van der Waals surface area contributed by atoms with Crippen molar-refractivity contribution in [3.63, 3.8) is 0 Å². The Kier molecular flexibility index (Phi) is 10.8. The maximum absolute atomic E-state index is 10.3. The standard InChI is InChI=1S/C28H44O4Si/c1-22(19-30-20-24-14-10-8-11-15-24)27(31-21-25-16-12-9-13-17-25)23(2)26(18-29)32-33(6,7)28(3,4)5/h8-17,22-23,26-27,29H,18-21H2,1-7H3/t22-,23+,26+,27-/m0/s1. The van der Waals surface area contributed by atoms with Crippen molar-refractivity contribution in [1.82, 2.24) is 0 Å². The SMILES string of the molecule is C[C@@H]([C@@H](OCc1ccccc1)[C@@H](C)COCc1ccccc1)[C@@H](CO)O[Si](C)(C)C(C)(C)C. The van der Waals surface area contributed by atoms with Gasteiger partial charge in [0.15, 0.2) is 8.32 Å². The zero-order valence-electron chi connectivity index (χ0n) is 21.6. The second kappa shape index (κ2) is 12.8. The molecule has 5 heteroatoms. The molecule has 0 saturated carbocycles. The Bertz CT molecular complexity index is 789. The van der Waals surface area contributed by atoms with E-state index in [-0.39, 0.29) is 35.7 Å². The number of aliphatic hydroxyl groups excluding tert-OH is 1. The third kappa shape index (κ3) is 8.65. The van der Waals surface area contributed by atoms with E-state index in [1.165, 1.54) is 0 Å². The van der Waals surface area contributed by atoms with Gasteiger partial charge in [0.25, 0.3) is 0 Å². The topological polar surface area (TPSA) is 47.9 Å². The Morgan fingerprint density at radius 1 is 0.848 bits per heavy atom. The molecule has 0 radical (unpaired) electrons. The second-order valence-electron chi connectivity index (χ2n) is 10.7. The van der Waals surface area contributed by atoms with E-state index in [2.05, 4.69) is 72.0 Å².